The van der Waals surface area contributed by atoms with E-state index in [2.05, 4.69) is 5.32 Å². The molecule has 0 spiro atoms. The molecule has 2 atom stereocenters. The maximum absolute atomic E-state index is 13.4. The highest BCUT2D eigenvalue weighted by Crippen LogP contribution is 2.27. The Morgan fingerprint density at radius 2 is 1.57 bits per heavy atom. The molecule has 0 radical (unpaired) electrons. The summed E-state index contributed by atoms with van der Waals surface area (Å²) in [6.07, 6.45) is 0.788. The summed E-state index contributed by atoms with van der Waals surface area (Å²) < 4.78 is 33.7. The highest BCUT2D eigenvalue weighted by Gasteiger charge is 2.40. The van der Waals surface area contributed by atoms with Crippen molar-refractivity contribution in [2.24, 2.45) is 0 Å². The summed E-state index contributed by atoms with van der Waals surface area (Å²) in [5, 5.41) is 12.7. The minimum Gasteiger partial charge on any atom is -0.489 e. The molecule has 1 heterocycles. The maximum atomic E-state index is 13.4. The van der Waals surface area contributed by atoms with Gasteiger partial charge in [0.1, 0.15) is 18.4 Å². The van der Waals surface area contributed by atoms with Gasteiger partial charge >= 0.3 is 0 Å². The molecule has 0 unspecified atom stereocenters. The van der Waals surface area contributed by atoms with Crippen LogP contribution < -0.4 is 15.5 Å². The Labute approximate surface area is 205 Å². The van der Waals surface area contributed by atoms with Crippen LogP contribution >= 0.6 is 0 Å². The smallest absolute Gasteiger partial charge is 0.261 e. The van der Waals surface area contributed by atoms with Crippen LogP contribution in [0.25, 0.3) is 0 Å². The third-order valence-electron chi connectivity index (χ3n) is 6.08. The highest BCUT2D eigenvalue weighted by atomic mass is 32.2. The van der Waals surface area contributed by atoms with Crippen LogP contribution in [0.5, 0.6) is 5.75 Å². The van der Waals surface area contributed by atoms with E-state index in [0.29, 0.717) is 25.3 Å². The number of ether oxygens (including phenoxy) is 1. The van der Waals surface area contributed by atoms with Gasteiger partial charge < -0.3 is 10.1 Å². The van der Waals surface area contributed by atoms with E-state index in [4.69, 9.17) is 4.74 Å². The van der Waals surface area contributed by atoms with Gasteiger partial charge in [-0.1, -0.05) is 60.7 Å². The van der Waals surface area contributed by atoms with Crippen LogP contribution in [0.15, 0.2) is 89.8 Å². The van der Waals surface area contributed by atoms with E-state index in [1.807, 2.05) is 60.7 Å². The second-order valence-electron chi connectivity index (χ2n) is 8.44. The number of sulfonamides is 1. The lowest BCUT2D eigenvalue weighted by Crippen LogP contribution is -2.56. The first-order chi connectivity index (χ1) is 17.0. The number of nitrogens with zero attached hydrogens (tertiary/aromatic N) is 1. The van der Waals surface area contributed by atoms with Crippen LogP contribution in [0.1, 0.15) is 24.0 Å². The van der Waals surface area contributed by atoms with E-state index in [1.54, 1.807) is 17.6 Å². The van der Waals surface area contributed by atoms with Crippen LogP contribution in [-0.2, 0) is 28.0 Å². The summed E-state index contributed by atoms with van der Waals surface area (Å²) in [4.78, 5) is 12.5. The number of carbonyl (C=O) groups excluding carboxylic acids is 1. The van der Waals surface area contributed by atoms with Crippen molar-refractivity contribution in [2.45, 2.75) is 43.0 Å². The topological polar surface area (TPSA) is 108 Å². The van der Waals surface area contributed by atoms with E-state index < -0.39 is 22.0 Å². The molecular weight excluding hydrogens is 466 g/mol. The molecule has 4 rings (SSSR count). The van der Waals surface area contributed by atoms with Crippen molar-refractivity contribution in [1.29, 1.82) is 0 Å². The van der Waals surface area contributed by atoms with Crippen LogP contribution in [-0.4, -0.2) is 42.5 Å². The van der Waals surface area contributed by atoms with Gasteiger partial charge in [-0.05, 0) is 48.2 Å². The van der Waals surface area contributed by atoms with Crippen molar-refractivity contribution in [3.63, 3.8) is 0 Å². The van der Waals surface area contributed by atoms with Gasteiger partial charge in [0.05, 0.1) is 4.90 Å². The van der Waals surface area contributed by atoms with Crippen LogP contribution in [0.2, 0.25) is 0 Å². The molecule has 0 bridgehead atoms. The van der Waals surface area contributed by atoms with E-state index in [0.717, 1.165) is 11.1 Å². The second-order valence-corrected chi connectivity index (χ2v) is 10.3. The Morgan fingerprint density at radius 1 is 0.943 bits per heavy atom. The normalized spacial score (nSPS) is 18.7. The van der Waals surface area contributed by atoms with E-state index in [1.165, 1.54) is 16.4 Å². The average Bonchev–Trinajstić information content (AvgIpc) is 2.91. The van der Waals surface area contributed by atoms with E-state index in [9.17, 15) is 18.4 Å². The van der Waals surface area contributed by atoms with Crippen molar-refractivity contribution in [2.75, 3.05) is 6.54 Å². The first kappa shape index (κ1) is 24.9. The van der Waals surface area contributed by atoms with Gasteiger partial charge in [-0.25, -0.2) is 13.9 Å². The Hall–Kier alpha value is -3.24. The Balaban J connectivity index is 1.43. The third kappa shape index (κ3) is 6.26. The summed E-state index contributed by atoms with van der Waals surface area (Å²) in [6.45, 7) is 1.13. The summed E-state index contributed by atoms with van der Waals surface area (Å²) in [5.41, 5.74) is 3.73. The van der Waals surface area contributed by atoms with Gasteiger partial charge in [-0.3, -0.25) is 10.0 Å². The molecule has 3 N–H and O–H groups in total. The van der Waals surface area contributed by atoms with Gasteiger partial charge in [-0.15, -0.1) is 0 Å². The molecule has 0 aliphatic carbocycles. The number of amides is 1. The predicted molar refractivity (Wildman–Crippen MR) is 131 cm³/mol. The molecule has 1 saturated heterocycles. The van der Waals surface area contributed by atoms with Gasteiger partial charge in [0.2, 0.25) is 10.0 Å². The molecule has 0 saturated carbocycles. The lowest BCUT2D eigenvalue weighted by Gasteiger charge is -2.37. The first-order valence-corrected chi connectivity index (χ1v) is 12.9. The lowest BCUT2D eigenvalue weighted by molar-refractivity contribution is -0.134. The van der Waals surface area contributed by atoms with Crippen molar-refractivity contribution >= 4 is 15.9 Å². The fourth-order valence-electron chi connectivity index (χ4n) is 4.17. The number of hydroxylamine groups is 1. The van der Waals surface area contributed by atoms with Gasteiger partial charge in [0, 0.05) is 19.1 Å². The lowest BCUT2D eigenvalue weighted by atomic mass is 9.98. The van der Waals surface area contributed by atoms with Crippen LogP contribution in [0.3, 0.4) is 0 Å². The largest absolute Gasteiger partial charge is 0.489 e. The van der Waals surface area contributed by atoms with E-state index in [-0.39, 0.29) is 23.9 Å². The minimum atomic E-state index is -3.96. The van der Waals surface area contributed by atoms with Crippen LogP contribution in [0, 0.1) is 0 Å². The molecular formula is C26H29N3O5S. The predicted octanol–water partition coefficient (Wildman–Crippen LogP) is 3.08. The number of nitrogens with one attached hydrogen (secondary N) is 2. The fraction of sp³-hybridized carbons (Fsp3) is 0.269. The molecule has 1 amide bonds. The zero-order chi connectivity index (χ0) is 24.7. The molecule has 0 aromatic heterocycles. The summed E-state index contributed by atoms with van der Waals surface area (Å²) in [5.74, 6) is -0.205. The second kappa shape index (κ2) is 11.5. The van der Waals surface area contributed by atoms with Crippen molar-refractivity contribution in [3.05, 3.63) is 96.1 Å². The number of benzene rings is 3. The van der Waals surface area contributed by atoms with Crippen molar-refractivity contribution in [1.82, 2.24) is 15.1 Å². The Kier molecular flexibility index (Phi) is 8.14. The van der Waals surface area contributed by atoms with Crippen LogP contribution in [0.4, 0.5) is 0 Å². The number of hydrogen-bond acceptors (Lipinski definition) is 6. The molecule has 3 aromatic rings. The first-order valence-electron chi connectivity index (χ1n) is 11.5. The molecule has 184 valence electrons. The molecule has 1 aliphatic rings. The number of rotatable bonds is 9. The number of piperidine rings is 1. The zero-order valence-corrected chi connectivity index (χ0v) is 20.0. The quantitative estimate of drug-likeness (QED) is 0.311. The summed E-state index contributed by atoms with van der Waals surface area (Å²) >= 11 is 0. The summed E-state index contributed by atoms with van der Waals surface area (Å²) in [6, 6.07) is 24.6. The van der Waals surface area contributed by atoms with Gasteiger partial charge in [-0.2, -0.15) is 4.31 Å². The number of carbonyl (C=O) groups is 1. The zero-order valence-electron chi connectivity index (χ0n) is 19.2. The van der Waals surface area contributed by atoms with Crippen molar-refractivity contribution < 1.29 is 23.2 Å². The fourth-order valence-corrected chi connectivity index (χ4v) is 5.78. The standard InChI is InChI=1S/C26H29N3O5S/c30-26(28-31)25-17-22(27-18-20-7-3-1-4-8-20)15-16-29(25)35(32,33)24-13-11-23(12-14-24)34-19-21-9-5-2-6-10-21/h1-14,22,25,27,31H,15-19H2,(H,28,30)/t22-,25+/m0/s1. The molecule has 8 nitrogen and oxygen atoms in total. The SMILES string of the molecule is O=C(NO)[C@H]1C[C@@H](NCc2ccccc2)CCN1S(=O)(=O)c1ccc(OCc2ccccc2)cc1. The minimum absolute atomic E-state index is 0.0657. The van der Waals surface area contributed by atoms with Gasteiger partial charge in [0.15, 0.2) is 0 Å². The third-order valence-corrected chi connectivity index (χ3v) is 8.00. The Morgan fingerprint density at radius 3 is 2.20 bits per heavy atom. The Bertz CT molecular complexity index is 1200. The highest BCUT2D eigenvalue weighted by molar-refractivity contribution is 7.89. The molecule has 1 aliphatic heterocycles. The number of hydrogen-bond donors (Lipinski definition) is 3. The van der Waals surface area contributed by atoms with Gasteiger partial charge in [0.25, 0.3) is 5.91 Å². The molecule has 3 aromatic carbocycles. The van der Waals surface area contributed by atoms with E-state index >= 15 is 0 Å². The molecule has 9 heteroatoms. The monoisotopic (exact) mass is 495 g/mol. The summed E-state index contributed by atoms with van der Waals surface area (Å²) in [7, 11) is -3.96. The molecule has 1 fully saturated rings. The molecule has 35 heavy (non-hydrogen) atoms. The average molecular weight is 496 g/mol. The maximum Gasteiger partial charge on any atom is 0.261 e. The van der Waals surface area contributed by atoms with Crippen molar-refractivity contribution in [3.8, 4) is 5.75 Å².